The molecule has 0 radical (unpaired) electrons. The van der Waals surface area contributed by atoms with Gasteiger partial charge in [0, 0.05) is 33.1 Å². The highest BCUT2D eigenvalue weighted by molar-refractivity contribution is 7.88. The molecule has 1 amide bonds. The predicted octanol–water partition coefficient (Wildman–Crippen LogP) is -0.616. The monoisotopic (exact) mass is 265 g/mol. The minimum atomic E-state index is -3.08. The standard InChI is InChI=1S/C10H23N3O3S/c1-4-13(17(3,15)16)9-5-6-11-7-8-12-10(2)14/h11H,4-9H2,1-3H3,(H,12,14). The van der Waals surface area contributed by atoms with Crippen LogP contribution in [-0.4, -0.2) is 57.6 Å². The molecule has 7 heteroatoms. The van der Waals surface area contributed by atoms with Crippen molar-refractivity contribution >= 4 is 15.9 Å². The molecule has 102 valence electrons. The van der Waals surface area contributed by atoms with Crippen LogP contribution in [0.4, 0.5) is 0 Å². The van der Waals surface area contributed by atoms with Gasteiger partial charge in [-0.05, 0) is 13.0 Å². The van der Waals surface area contributed by atoms with Crippen molar-refractivity contribution in [2.45, 2.75) is 20.3 Å². The molecule has 2 N–H and O–H groups in total. The third kappa shape index (κ3) is 9.08. The molecular weight excluding hydrogens is 242 g/mol. The molecule has 0 heterocycles. The molecule has 0 unspecified atom stereocenters. The number of nitrogens with one attached hydrogen (secondary N) is 2. The molecule has 0 aliphatic rings. The van der Waals surface area contributed by atoms with Gasteiger partial charge >= 0.3 is 0 Å². The highest BCUT2D eigenvalue weighted by Crippen LogP contribution is 1.97. The molecule has 0 saturated carbocycles. The fourth-order valence-corrected chi connectivity index (χ4v) is 2.32. The van der Waals surface area contributed by atoms with Crippen molar-refractivity contribution in [3.8, 4) is 0 Å². The van der Waals surface area contributed by atoms with Crippen molar-refractivity contribution in [3.05, 3.63) is 0 Å². The van der Waals surface area contributed by atoms with Crippen molar-refractivity contribution in [1.82, 2.24) is 14.9 Å². The van der Waals surface area contributed by atoms with Crippen molar-refractivity contribution < 1.29 is 13.2 Å². The molecule has 0 aliphatic carbocycles. The zero-order chi connectivity index (χ0) is 13.3. The number of carbonyl (C=O) groups is 1. The Bertz CT molecular complexity index is 317. The lowest BCUT2D eigenvalue weighted by Crippen LogP contribution is -2.34. The van der Waals surface area contributed by atoms with E-state index in [4.69, 9.17) is 0 Å². The Morgan fingerprint density at radius 3 is 2.35 bits per heavy atom. The van der Waals surface area contributed by atoms with Gasteiger partial charge in [-0.25, -0.2) is 12.7 Å². The number of carbonyl (C=O) groups excluding carboxylic acids is 1. The fraction of sp³-hybridized carbons (Fsp3) is 0.900. The Hall–Kier alpha value is -0.660. The molecule has 0 spiro atoms. The van der Waals surface area contributed by atoms with Crippen LogP contribution in [0.1, 0.15) is 20.3 Å². The van der Waals surface area contributed by atoms with Crippen LogP contribution in [0, 0.1) is 0 Å². The van der Waals surface area contributed by atoms with Crippen molar-refractivity contribution in [3.63, 3.8) is 0 Å². The van der Waals surface area contributed by atoms with Crippen LogP contribution in [0.2, 0.25) is 0 Å². The number of hydrogen-bond donors (Lipinski definition) is 2. The summed E-state index contributed by atoms with van der Waals surface area (Å²) in [5, 5.41) is 5.81. The normalized spacial score (nSPS) is 11.8. The van der Waals surface area contributed by atoms with Gasteiger partial charge in [-0.1, -0.05) is 6.92 Å². The molecule has 0 rings (SSSR count). The van der Waals surface area contributed by atoms with Gasteiger partial charge in [-0.3, -0.25) is 4.79 Å². The third-order valence-electron chi connectivity index (χ3n) is 2.26. The summed E-state index contributed by atoms with van der Waals surface area (Å²) in [6.45, 7) is 6.37. The van der Waals surface area contributed by atoms with Crippen molar-refractivity contribution in [1.29, 1.82) is 0 Å². The van der Waals surface area contributed by atoms with E-state index in [9.17, 15) is 13.2 Å². The predicted molar refractivity (Wildman–Crippen MR) is 68.3 cm³/mol. The van der Waals surface area contributed by atoms with Gasteiger partial charge in [0.15, 0.2) is 0 Å². The maximum Gasteiger partial charge on any atom is 0.216 e. The summed E-state index contributed by atoms with van der Waals surface area (Å²) in [6, 6.07) is 0. The quantitative estimate of drug-likeness (QED) is 0.545. The van der Waals surface area contributed by atoms with E-state index < -0.39 is 10.0 Å². The van der Waals surface area contributed by atoms with Gasteiger partial charge in [-0.2, -0.15) is 0 Å². The van der Waals surface area contributed by atoms with Crippen LogP contribution < -0.4 is 10.6 Å². The maximum absolute atomic E-state index is 11.3. The van der Waals surface area contributed by atoms with Gasteiger partial charge < -0.3 is 10.6 Å². The summed E-state index contributed by atoms with van der Waals surface area (Å²) < 4.78 is 24.0. The zero-order valence-corrected chi connectivity index (χ0v) is 11.6. The number of amides is 1. The molecule has 0 aliphatic heterocycles. The summed E-state index contributed by atoms with van der Waals surface area (Å²) in [5.41, 5.74) is 0. The molecule has 17 heavy (non-hydrogen) atoms. The summed E-state index contributed by atoms with van der Waals surface area (Å²) in [7, 11) is -3.08. The average molecular weight is 265 g/mol. The lowest BCUT2D eigenvalue weighted by Gasteiger charge is -2.17. The lowest BCUT2D eigenvalue weighted by atomic mass is 10.4. The molecular formula is C10H23N3O3S. The third-order valence-corrected chi connectivity index (χ3v) is 3.64. The van der Waals surface area contributed by atoms with E-state index in [0.717, 1.165) is 13.0 Å². The molecule has 0 saturated heterocycles. The Morgan fingerprint density at radius 1 is 1.24 bits per heavy atom. The Kier molecular flexibility index (Phi) is 8.11. The van der Waals surface area contributed by atoms with Crippen LogP contribution in [0.5, 0.6) is 0 Å². The van der Waals surface area contributed by atoms with Gasteiger partial charge in [0.05, 0.1) is 6.26 Å². The summed E-state index contributed by atoms with van der Waals surface area (Å²) in [4.78, 5) is 10.6. The second-order valence-corrected chi connectivity index (χ2v) is 5.82. The fourth-order valence-electron chi connectivity index (χ4n) is 1.39. The van der Waals surface area contributed by atoms with Crippen LogP contribution >= 0.6 is 0 Å². The first-order valence-electron chi connectivity index (χ1n) is 5.78. The zero-order valence-electron chi connectivity index (χ0n) is 10.8. The average Bonchev–Trinajstić information content (AvgIpc) is 2.19. The molecule has 0 aromatic rings. The minimum absolute atomic E-state index is 0.0407. The highest BCUT2D eigenvalue weighted by Gasteiger charge is 2.12. The first-order chi connectivity index (χ1) is 7.88. The molecule has 0 aromatic heterocycles. The number of rotatable bonds is 9. The topological polar surface area (TPSA) is 78.5 Å². The first kappa shape index (κ1) is 16.3. The van der Waals surface area contributed by atoms with E-state index in [1.807, 2.05) is 6.92 Å². The lowest BCUT2D eigenvalue weighted by molar-refractivity contribution is -0.118. The molecule has 0 bridgehead atoms. The van der Waals surface area contributed by atoms with Crippen LogP contribution in [0.25, 0.3) is 0 Å². The van der Waals surface area contributed by atoms with Crippen molar-refractivity contribution in [2.24, 2.45) is 0 Å². The van der Waals surface area contributed by atoms with Crippen LogP contribution in [0.3, 0.4) is 0 Å². The molecule has 0 atom stereocenters. The maximum atomic E-state index is 11.3. The van der Waals surface area contributed by atoms with Crippen molar-refractivity contribution in [2.75, 3.05) is 39.0 Å². The van der Waals surface area contributed by atoms with Crippen LogP contribution in [-0.2, 0) is 14.8 Å². The molecule has 6 nitrogen and oxygen atoms in total. The van der Waals surface area contributed by atoms with E-state index in [1.165, 1.54) is 17.5 Å². The largest absolute Gasteiger partial charge is 0.355 e. The highest BCUT2D eigenvalue weighted by atomic mass is 32.2. The Labute approximate surface area is 104 Å². The van der Waals surface area contributed by atoms with E-state index in [2.05, 4.69) is 10.6 Å². The minimum Gasteiger partial charge on any atom is -0.355 e. The second-order valence-electron chi connectivity index (χ2n) is 3.84. The SMILES string of the molecule is CCN(CCCNCCNC(C)=O)S(C)(=O)=O. The van der Waals surface area contributed by atoms with Gasteiger partial charge in [0.2, 0.25) is 15.9 Å². The number of hydrogen-bond acceptors (Lipinski definition) is 4. The summed E-state index contributed by atoms with van der Waals surface area (Å²) in [5.74, 6) is -0.0407. The second kappa shape index (κ2) is 8.43. The first-order valence-corrected chi connectivity index (χ1v) is 7.63. The molecule has 0 aromatic carbocycles. The number of sulfonamides is 1. The Balaban J connectivity index is 3.54. The summed E-state index contributed by atoms with van der Waals surface area (Å²) >= 11 is 0. The van der Waals surface area contributed by atoms with E-state index >= 15 is 0 Å². The van der Waals surface area contributed by atoms with Gasteiger partial charge in [0.25, 0.3) is 0 Å². The number of nitrogens with zero attached hydrogens (tertiary/aromatic N) is 1. The molecule has 0 fully saturated rings. The van der Waals surface area contributed by atoms with Gasteiger partial charge in [-0.15, -0.1) is 0 Å². The van der Waals surface area contributed by atoms with Crippen LogP contribution in [0.15, 0.2) is 0 Å². The smallest absolute Gasteiger partial charge is 0.216 e. The van der Waals surface area contributed by atoms with E-state index in [1.54, 1.807) is 0 Å². The van der Waals surface area contributed by atoms with E-state index in [0.29, 0.717) is 26.2 Å². The van der Waals surface area contributed by atoms with Gasteiger partial charge in [0.1, 0.15) is 0 Å². The van der Waals surface area contributed by atoms with E-state index in [-0.39, 0.29) is 5.91 Å². The summed E-state index contributed by atoms with van der Waals surface area (Å²) in [6.07, 6.45) is 1.99. The Morgan fingerprint density at radius 2 is 1.88 bits per heavy atom.